The maximum atomic E-state index is 12.2. The van der Waals surface area contributed by atoms with Crippen LogP contribution in [0.1, 0.15) is 31.7 Å². The molecule has 7 heteroatoms. The molecule has 0 N–H and O–H groups in total. The van der Waals surface area contributed by atoms with E-state index < -0.39 is 10.0 Å². The van der Waals surface area contributed by atoms with Gasteiger partial charge in [0.15, 0.2) is 0 Å². The van der Waals surface area contributed by atoms with E-state index in [1.807, 2.05) is 13.0 Å². The third-order valence-electron chi connectivity index (χ3n) is 3.80. The van der Waals surface area contributed by atoms with Crippen molar-refractivity contribution in [2.24, 2.45) is 0 Å². The lowest BCUT2D eigenvalue weighted by molar-refractivity contribution is -0.129. The Bertz CT molecular complexity index is 659. The van der Waals surface area contributed by atoms with Gasteiger partial charge >= 0.3 is 0 Å². The fourth-order valence-electron chi connectivity index (χ4n) is 2.37. The first-order chi connectivity index (χ1) is 11.2. The van der Waals surface area contributed by atoms with Crippen LogP contribution in [0.4, 0.5) is 5.69 Å². The first kappa shape index (κ1) is 20.3. The number of anilines is 1. The highest BCUT2D eigenvalue weighted by Gasteiger charge is 2.22. The van der Waals surface area contributed by atoms with Crippen molar-refractivity contribution in [2.45, 2.75) is 33.1 Å². The third-order valence-corrected chi connectivity index (χ3v) is 4.98. The number of amides is 1. The van der Waals surface area contributed by atoms with Crippen LogP contribution < -0.4 is 9.04 Å². The van der Waals surface area contributed by atoms with Crippen LogP contribution in [-0.2, 0) is 14.8 Å². The summed E-state index contributed by atoms with van der Waals surface area (Å²) in [6.07, 6.45) is 3.21. The number of sulfonamides is 1. The van der Waals surface area contributed by atoms with Crippen molar-refractivity contribution in [3.05, 3.63) is 23.8 Å². The van der Waals surface area contributed by atoms with E-state index in [0.29, 0.717) is 18.0 Å². The van der Waals surface area contributed by atoms with Gasteiger partial charge < -0.3 is 9.64 Å². The molecule has 0 bridgehead atoms. The van der Waals surface area contributed by atoms with Crippen molar-refractivity contribution in [3.8, 4) is 5.75 Å². The molecule has 1 amide bonds. The normalized spacial score (nSPS) is 11.2. The smallest absolute Gasteiger partial charge is 0.232 e. The molecule has 24 heavy (non-hydrogen) atoms. The molecule has 0 unspecified atom stereocenters. The highest BCUT2D eigenvalue weighted by atomic mass is 32.2. The number of carbonyl (C=O) groups excluding carboxylic acids is 1. The number of rotatable bonds is 9. The van der Waals surface area contributed by atoms with Crippen molar-refractivity contribution in [3.63, 3.8) is 0 Å². The number of hydrogen-bond acceptors (Lipinski definition) is 4. The molecule has 1 rings (SSSR count). The molecule has 0 atom stereocenters. The van der Waals surface area contributed by atoms with Crippen molar-refractivity contribution in [1.82, 2.24) is 4.90 Å². The van der Waals surface area contributed by atoms with E-state index in [-0.39, 0.29) is 18.9 Å². The highest BCUT2D eigenvalue weighted by Crippen LogP contribution is 2.31. The van der Waals surface area contributed by atoms with Gasteiger partial charge in [-0.1, -0.05) is 19.4 Å². The molecule has 0 fully saturated rings. The Kier molecular flexibility index (Phi) is 7.54. The predicted molar refractivity (Wildman–Crippen MR) is 97.1 cm³/mol. The number of aryl methyl sites for hydroxylation is 1. The summed E-state index contributed by atoms with van der Waals surface area (Å²) >= 11 is 0. The number of carbonyl (C=O) groups is 1. The van der Waals surface area contributed by atoms with Gasteiger partial charge in [0.1, 0.15) is 5.75 Å². The van der Waals surface area contributed by atoms with Crippen LogP contribution in [0.3, 0.4) is 0 Å². The molecule has 0 aliphatic rings. The summed E-state index contributed by atoms with van der Waals surface area (Å²) in [7, 11) is -0.279. The number of hydrogen-bond donors (Lipinski definition) is 0. The Morgan fingerprint density at radius 1 is 1.25 bits per heavy atom. The molecule has 136 valence electrons. The van der Waals surface area contributed by atoms with Crippen molar-refractivity contribution in [1.29, 1.82) is 0 Å². The van der Waals surface area contributed by atoms with Gasteiger partial charge in [-0.3, -0.25) is 9.10 Å². The molecule has 0 heterocycles. The number of methoxy groups -OCH3 is 1. The summed E-state index contributed by atoms with van der Waals surface area (Å²) in [5.41, 5.74) is 1.38. The third kappa shape index (κ3) is 5.70. The Labute approximate surface area is 145 Å². The summed E-state index contributed by atoms with van der Waals surface area (Å²) in [5.74, 6) is 0.404. The fourth-order valence-corrected chi connectivity index (χ4v) is 3.29. The van der Waals surface area contributed by atoms with Crippen LogP contribution >= 0.6 is 0 Å². The molecular formula is C17H28N2O4S. The second kappa shape index (κ2) is 8.92. The topological polar surface area (TPSA) is 66.9 Å². The van der Waals surface area contributed by atoms with Gasteiger partial charge in [-0.15, -0.1) is 0 Å². The molecular weight excluding hydrogens is 328 g/mol. The number of benzene rings is 1. The minimum absolute atomic E-state index is 0.0660. The minimum Gasteiger partial charge on any atom is -0.495 e. The Hall–Kier alpha value is -1.76. The molecule has 0 spiro atoms. The van der Waals surface area contributed by atoms with E-state index in [1.54, 1.807) is 24.1 Å². The van der Waals surface area contributed by atoms with Crippen molar-refractivity contribution >= 4 is 21.6 Å². The highest BCUT2D eigenvalue weighted by molar-refractivity contribution is 7.92. The van der Waals surface area contributed by atoms with E-state index in [2.05, 4.69) is 6.92 Å². The van der Waals surface area contributed by atoms with Gasteiger partial charge in [0.2, 0.25) is 15.9 Å². The Morgan fingerprint density at radius 3 is 2.46 bits per heavy atom. The lowest BCUT2D eigenvalue weighted by Crippen LogP contribution is -2.36. The monoisotopic (exact) mass is 356 g/mol. The summed E-state index contributed by atoms with van der Waals surface area (Å²) < 4.78 is 30.9. The first-order valence-corrected chi connectivity index (χ1v) is 9.91. The zero-order valence-corrected chi connectivity index (χ0v) is 16.0. The zero-order chi connectivity index (χ0) is 18.3. The molecule has 0 radical (unpaired) electrons. The minimum atomic E-state index is -3.52. The molecule has 6 nitrogen and oxygen atoms in total. The van der Waals surface area contributed by atoms with E-state index in [1.165, 1.54) is 11.4 Å². The average molecular weight is 356 g/mol. The van der Waals surface area contributed by atoms with Crippen LogP contribution in [0.15, 0.2) is 18.2 Å². The number of ether oxygens (including phenoxy) is 1. The van der Waals surface area contributed by atoms with Crippen molar-refractivity contribution < 1.29 is 17.9 Å². The van der Waals surface area contributed by atoms with Gasteiger partial charge in [0.25, 0.3) is 0 Å². The van der Waals surface area contributed by atoms with Crippen LogP contribution in [0.25, 0.3) is 0 Å². The Morgan fingerprint density at radius 2 is 1.92 bits per heavy atom. The Balaban J connectivity index is 2.97. The molecule has 0 saturated heterocycles. The molecule has 0 aliphatic carbocycles. The van der Waals surface area contributed by atoms with Crippen LogP contribution in [0, 0.1) is 6.92 Å². The molecule has 0 saturated carbocycles. The SMILES string of the molecule is CCCCN(C)C(=O)CCN(c1cc(C)ccc1OC)S(C)(=O)=O. The first-order valence-electron chi connectivity index (χ1n) is 8.07. The van der Waals surface area contributed by atoms with Crippen LogP contribution in [0.2, 0.25) is 0 Å². The lowest BCUT2D eigenvalue weighted by Gasteiger charge is -2.25. The van der Waals surface area contributed by atoms with Gasteiger partial charge in [0.05, 0.1) is 19.1 Å². The second-order valence-corrected chi connectivity index (χ2v) is 7.84. The maximum Gasteiger partial charge on any atom is 0.232 e. The van der Waals surface area contributed by atoms with Gasteiger partial charge in [0, 0.05) is 26.6 Å². The van der Waals surface area contributed by atoms with Gasteiger partial charge in [-0.25, -0.2) is 8.42 Å². The number of nitrogens with zero attached hydrogens (tertiary/aromatic N) is 2. The van der Waals surface area contributed by atoms with Crippen molar-refractivity contribution in [2.75, 3.05) is 37.8 Å². The van der Waals surface area contributed by atoms with E-state index in [9.17, 15) is 13.2 Å². The summed E-state index contributed by atoms with van der Waals surface area (Å²) in [4.78, 5) is 13.9. The molecule has 1 aromatic rings. The second-order valence-electron chi connectivity index (χ2n) is 5.93. The number of unbranched alkanes of at least 4 members (excludes halogenated alkanes) is 1. The lowest BCUT2D eigenvalue weighted by atomic mass is 10.2. The standard InChI is InChI=1S/C17H28N2O4S/c1-6-7-11-18(3)17(20)10-12-19(24(5,21)22)15-13-14(2)8-9-16(15)23-4/h8-9,13H,6-7,10-12H2,1-5H3. The summed E-state index contributed by atoms with van der Waals surface area (Å²) in [6, 6.07) is 5.34. The van der Waals surface area contributed by atoms with E-state index in [4.69, 9.17) is 4.74 Å². The summed E-state index contributed by atoms with van der Waals surface area (Å²) in [5, 5.41) is 0. The molecule has 0 aromatic heterocycles. The van der Waals surface area contributed by atoms with E-state index in [0.717, 1.165) is 24.7 Å². The summed E-state index contributed by atoms with van der Waals surface area (Å²) in [6.45, 7) is 4.72. The largest absolute Gasteiger partial charge is 0.495 e. The van der Waals surface area contributed by atoms with Crippen LogP contribution in [-0.4, -0.2) is 52.7 Å². The van der Waals surface area contributed by atoms with Gasteiger partial charge in [-0.2, -0.15) is 0 Å². The quantitative estimate of drug-likeness (QED) is 0.681. The zero-order valence-electron chi connectivity index (χ0n) is 15.2. The average Bonchev–Trinajstić information content (AvgIpc) is 2.51. The molecule has 0 aliphatic heterocycles. The maximum absolute atomic E-state index is 12.2. The van der Waals surface area contributed by atoms with E-state index >= 15 is 0 Å². The molecule has 1 aromatic carbocycles. The predicted octanol–water partition coefficient (Wildman–Crippen LogP) is 2.42. The van der Waals surface area contributed by atoms with Crippen LogP contribution in [0.5, 0.6) is 5.75 Å². The van der Waals surface area contributed by atoms with Gasteiger partial charge in [-0.05, 0) is 31.0 Å². The fraction of sp³-hybridized carbons (Fsp3) is 0.588.